The van der Waals surface area contributed by atoms with Crippen molar-refractivity contribution in [2.45, 2.75) is 25.9 Å². The van der Waals surface area contributed by atoms with E-state index in [4.69, 9.17) is 4.74 Å². The Kier molecular flexibility index (Phi) is 7.03. The first-order valence-electron chi connectivity index (χ1n) is 9.67. The van der Waals surface area contributed by atoms with Gasteiger partial charge in [0.1, 0.15) is 5.75 Å². The summed E-state index contributed by atoms with van der Waals surface area (Å²) in [6.07, 6.45) is 2.15. The van der Waals surface area contributed by atoms with Gasteiger partial charge in [0, 0.05) is 44.4 Å². The summed E-state index contributed by atoms with van der Waals surface area (Å²) >= 11 is 0. The summed E-state index contributed by atoms with van der Waals surface area (Å²) < 4.78 is 5.80. The van der Waals surface area contributed by atoms with Crippen LogP contribution < -0.4 is 15.4 Å². The predicted molar refractivity (Wildman–Crippen MR) is 108 cm³/mol. The fourth-order valence-corrected chi connectivity index (χ4v) is 3.30. The van der Waals surface area contributed by atoms with Crippen molar-refractivity contribution in [1.29, 1.82) is 0 Å². The smallest absolute Gasteiger partial charge is 0.260 e. The van der Waals surface area contributed by atoms with Gasteiger partial charge in [0.25, 0.3) is 11.8 Å². The maximum absolute atomic E-state index is 12.2. The molecule has 0 saturated carbocycles. The fourth-order valence-electron chi connectivity index (χ4n) is 3.30. The number of para-hydroxylation sites is 1. The molecule has 2 amide bonds. The molecule has 1 aliphatic heterocycles. The lowest BCUT2D eigenvalue weighted by atomic mass is 10.1. The summed E-state index contributed by atoms with van der Waals surface area (Å²) in [7, 11) is 1.62. The lowest BCUT2D eigenvalue weighted by Crippen LogP contribution is -2.32. The number of ether oxygens (including phenoxy) is 1. The van der Waals surface area contributed by atoms with Crippen LogP contribution in [0.4, 0.5) is 0 Å². The van der Waals surface area contributed by atoms with Gasteiger partial charge in [0.2, 0.25) is 0 Å². The normalized spacial score (nSPS) is 13.4. The van der Waals surface area contributed by atoms with Gasteiger partial charge in [-0.05, 0) is 36.6 Å². The first-order chi connectivity index (χ1) is 13.7. The van der Waals surface area contributed by atoms with Crippen LogP contribution >= 0.6 is 0 Å². The van der Waals surface area contributed by atoms with E-state index in [9.17, 15) is 9.59 Å². The molecule has 0 atom stereocenters. The Hall–Kier alpha value is -2.86. The summed E-state index contributed by atoms with van der Waals surface area (Å²) in [5.74, 6) is 0.677. The highest BCUT2D eigenvalue weighted by Crippen LogP contribution is 2.18. The fraction of sp³-hybridized carbons (Fsp3) is 0.364. The summed E-state index contributed by atoms with van der Waals surface area (Å²) in [5.41, 5.74) is 2.67. The molecule has 2 aromatic rings. The van der Waals surface area contributed by atoms with Gasteiger partial charge in [-0.15, -0.1) is 0 Å². The largest absolute Gasteiger partial charge is 0.483 e. The molecule has 2 aromatic carbocycles. The van der Waals surface area contributed by atoms with E-state index in [1.165, 1.54) is 0 Å². The summed E-state index contributed by atoms with van der Waals surface area (Å²) in [6.45, 7) is 2.98. The molecule has 6 nitrogen and oxygen atoms in total. The third kappa shape index (κ3) is 5.33. The van der Waals surface area contributed by atoms with Crippen LogP contribution in [0.2, 0.25) is 0 Å². The number of carbonyl (C=O) groups is 2. The molecule has 0 radical (unpaired) electrons. The van der Waals surface area contributed by atoms with Gasteiger partial charge in [0.15, 0.2) is 6.61 Å². The molecule has 0 aliphatic carbocycles. The van der Waals surface area contributed by atoms with Crippen LogP contribution in [0.15, 0.2) is 48.5 Å². The number of likely N-dealkylation sites (tertiary alicyclic amines) is 1. The van der Waals surface area contributed by atoms with E-state index in [-0.39, 0.29) is 18.4 Å². The van der Waals surface area contributed by atoms with E-state index < -0.39 is 0 Å². The molecule has 1 saturated heterocycles. The number of carbonyl (C=O) groups excluding carboxylic acids is 2. The van der Waals surface area contributed by atoms with Gasteiger partial charge >= 0.3 is 0 Å². The van der Waals surface area contributed by atoms with Gasteiger partial charge in [0.05, 0.1) is 0 Å². The van der Waals surface area contributed by atoms with Crippen LogP contribution in [0.3, 0.4) is 0 Å². The van der Waals surface area contributed by atoms with Crippen LogP contribution in [0.1, 0.15) is 34.3 Å². The number of nitrogens with zero attached hydrogens (tertiary/aromatic N) is 1. The van der Waals surface area contributed by atoms with Gasteiger partial charge < -0.3 is 20.3 Å². The predicted octanol–water partition coefficient (Wildman–Crippen LogP) is 2.34. The molecular formula is C22H27N3O3. The number of amides is 2. The molecule has 0 bridgehead atoms. The molecule has 0 unspecified atom stereocenters. The number of nitrogens with one attached hydrogen (secondary N) is 2. The molecule has 1 aliphatic rings. The highest BCUT2D eigenvalue weighted by atomic mass is 16.5. The molecule has 1 heterocycles. The van der Waals surface area contributed by atoms with E-state index in [1.807, 2.05) is 47.4 Å². The Labute approximate surface area is 165 Å². The van der Waals surface area contributed by atoms with Crippen molar-refractivity contribution < 1.29 is 14.3 Å². The maximum Gasteiger partial charge on any atom is 0.260 e. The van der Waals surface area contributed by atoms with Crippen LogP contribution in [0.25, 0.3) is 0 Å². The molecule has 2 N–H and O–H groups in total. The van der Waals surface area contributed by atoms with Crippen molar-refractivity contribution >= 4 is 11.8 Å². The van der Waals surface area contributed by atoms with Crippen LogP contribution in [-0.4, -0.2) is 43.5 Å². The lowest BCUT2D eigenvalue weighted by molar-refractivity contribution is -0.132. The highest BCUT2D eigenvalue weighted by Gasteiger charge is 2.18. The van der Waals surface area contributed by atoms with Crippen LogP contribution in [0, 0.1) is 0 Å². The molecule has 28 heavy (non-hydrogen) atoms. The van der Waals surface area contributed by atoms with Crippen molar-refractivity contribution in [3.8, 4) is 5.75 Å². The second kappa shape index (κ2) is 9.90. The number of benzene rings is 2. The van der Waals surface area contributed by atoms with E-state index in [0.29, 0.717) is 18.7 Å². The van der Waals surface area contributed by atoms with Gasteiger partial charge in [-0.3, -0.25) is 9.59 Å². The van der Waals surface area contributed by atoms with E-state index >= 15 is 0 Å². The van der Waals surface area contributed by atoms with Crippen LogP contribution in [-0.2, 0) is 17.9 Å². The van der Waals surface area contributed by atoms with E-state index in [1.54, 1.807) is 13.1 Å². The molecule has 0 spiro atoms. The topological polar surface area (TPSA) is 70.7 Å². The molecular weight excluding hydrogens is 354 g/mol. The number of hydrogen-bond donors (Lipinski definition) is 2. The Morgan fingerprint density at radius 1 is 1.04 bits per heavy atom. The minimum absolute atomic E-state index is 0.0475. The second-order valence-corrected chi connectivity index (χ2v) is 6.87. The van der Waals surface area contributed by atoms with Crippen molar-refractivity contribution in [2.24, 2.45) is 0 Å². The minimum atomic E-state index is -0.0942. The minimum Gasteiger partial charge on any atom is -0.483 e. The van der Waals surface area contributed by atoms with Crippen LogP contribution in [0.5, 0.6) is 5.75 Å². The average molecular weight is 381 g/mol. The van der Waals surface area contributed by atoms with Gasteiger partial charge in [-0.1, -0.05) is 30.3 Å². The molecule has 6 heteroatoms. The number of rotatable bonds is 8. The van der Waals surface area contributed by atoms with E-state index in [0.717, 1.165) is 42.8 Å². The standard InChI is InChI=1S/C22H27N3O3/c1-23-22(27)18-9-6-7-17(13-18)14-24-15-19-8-2-3-10-20(19)28-16-21(26)25-11-4-5-12-25/h2-3,6-10,13,24H,4-5,11-12,14-16H2,1H3,(H,23,27). The van der Waals surface area contributed by atoms with Gasteiger partial charge in [-0.2, -0.15) is 0 Å². The Morgan fingerprint density at radius 2 is 1.82 bits per heavy atom. The molecule has 3 rings (SSSR count). The monoisotopic (exact) mass is 381 g/mol. The highest BCUT2D eigenvalue weighted by molar-refractivity contribution is 5.94. The summed E-state index contributed by atoms with van der Waals surface area (Å²) in [6, 6.07) is 15.3. The average Bonchev–Trinajstić information content (AvgIpc) is 3.27. The molecule has 1 fully saturated rings. The van der Waals surface area contributed by atoms with Crippen molar-refractivity contribution in [2.75, 3.05) is 26.7 Å². The number of hydrogen-bond acceptors (Lipinski definition) is 4. The molecule has 0 aromatic heterocycles. The Balaban J connectivity index is 1.53. The third-order valence-electron chi connectivity index (χ3n) is 4.84. The molecule has 148 valence electrons. The van der Waals surface area contributed by atoms with Crippen molar-refractivity contribution in [3.05, 3.63) is 65.2 Å². The van der Waals surface area contributed by atoms with E-state index in [2.05, 4.69) is 10.6 Å². The quantitative estimate of drug-likeness (QED) is 0.736. The summed E-state index contributed by atoms with van der Waals surface area (Å²) in [5, 5.41) is 6.01. The van der Waals surface area contributed by atoms with Crippen molar-refractivity contribution in [3.63, 3.8) is 0 Å². The Bertz CT molecular complexity index is 816. The zero-order valence-electron chi connectivity index (χ0n) is 16.2. The zero-order valence-corrected chi connectivity index (χ0v) is 16.2. The summed E-state index contributed by atoms with van der Waals surface area (Å²) in [4.78, 5) is 25.8. The SMILES string of the molecule is CNC(=O)c1cccc(CNCc2ccccc2OCC(=O)N2CCCC2)c1. The maximum atomic E-state index is 12.2. The second-order valence-electron chi connectivity index (χ2n) is 6.87. The first-order valence-corrected chi connectivity index (χ1v) is 9.67. The Morgan fingerprint density at radius 3 is 2.61 bits per heavy atom. The third-order valence-corrected chi connectivity index (χ3v) is 4.84. The first kappa shape index (κ1) is 19.9. The van der Waals surface area contributed by atoms with Gasteiger partial charge in [-0.25, -0.2) is 0 Å². The zero-order chi connectivity index (χ0) is 19.8. The van der Waals surface area contributed by atoms with Crippen molar-refractivity contribution in [1.82, 2.24) is 15.5 Å². The lowest BCUT2D eigenvalue weighted by Gasteiger charge is -2.17.